The molecule has 2 rings (SSSR count). The van der Waals surface area contributed by atoms with Gasteiger partial charge in [-0.1, -0.05) is 6.42 Å². The van der Waals surface area contributed by atoms with Gasteiger partial charge in [0.2, 0.25) is 5.82 Å². The maximum absolute atomic E-state index is 10.8. The summed E-state index contributed by atoms with van der Waals surface area (Å²) in [7, 11) is 1.69. The van der Waals surface area contributed by atoms with E-state index in [1.165, 1.54) is 30.1 Å². The van der Waals surface area contributed by atoms with Crippen LogP contribution in [0.2, 0.25) is 0 Å². The van der Waals surface area contributed by atoms with E-state index in [1.807, 2.05) is 0 Å². The van der Waals surface area contributed by atoms with Gasteiger partial charge in [-0.3, -0.25) is 14.8 Å². The summed E-state index contributed by atoms with van der Waals surface area (Å²) in [4.78, 5) is 10.4. The van der Waals surface area contributed by atoms with Crippen molar-refractivity contribution in [2.45, 2.75) is 32.2 Å². The van der Waals surface area contributed by atoms with Crippen molar-refractivity contribution in [3.63, 3.8) is 0 Å². The van der Waals surface area contributed by atoms with E-state index < -0.39 is 4.92 Å². The monoisotopic (exact) mass is 224 g/mol. The number of nitrogens with one attached hydrogen (secondary N) is 1. The average Bonchev–Trinajstić information content (AvgIpc) is 2.43. The highest BCUT2D eigenvalue weighted by Crippen LogP contribution is 2.32. The Kier molecular flexibility index (Phi) is 2.80. The van der Waals surface area contributed by atoms with Gasteiger partial charge in [-0.05, 0) is 25.7 Å². The van der Waals surface area contributed by atoms with Gasteiger partial charge in [-0.15, -0.1) is 5.10 Å². The summed E-state index contributed by atoms with van der Waals surface area (Å²) < 4.78 is 1.47. The lowest BCUT2D eigenvalue weighted by Gasteiger charge is -2.31. The minimum Gasteiger partial charge on any atom is -0.360 e. The fraction of sp³-hybridized carbons (Fsp3) is 0.700. The van der Waals surface area contributed by atoms with Crippen LogP contribution < -0.4 is 5.32 Å². The van der Waals surface area contributed by atoms with Crippen LogP contribution in [0.5, 0.6) is 0 Å². The maximum Gasteiger partial charge on any atom is 0.330 e. The molecular formula is C10H16N4O2. The molecule has 16 heavy (non-hydrogen) atoms. The molecule has 0 saturated heterocycles. The van der Waals surface area contributed by atoms with Crippen molar-refractivity contribution in [1.29, 1.82) is 0 Å². The molecule has 1 N–H and O–H groups in total. The molecule has 1 aromatic rings. The van der Waals surface area contributed by atoms with E-state index in [-0.39, 0.29) is 11.7 Å². The van der Waals surface area contributed by atoms with Gasteiger partial charge in [0.05, 0.1) is 4.92 Å². The number of rotatable bonds is 4. The third kappa shape index (κ3) is 2.00. The van der Waals surface area contributed by atoms with Gasteiger partial charge < -0.3 is 5.32 Å². The summed E-state index contributed by atoms with van der Waals surface area (Å²) in [5.41, 5.74) is 0.0497. The molecule has 1 aliphatic rings. The molecule has 1 unspecified atom stereocenters. The van der Waals surface area contributed by atoms with Crippen molar-refractivity contribution in [3.8, 4) is 0 Å². The highest BCUT2D eigenvalue weighted by atomic mass is 16.6. The summed E-state index contributed by atoms with van der Waals surface area (Å²) >= 11 is 0. The van der Waals surface area contributed by atoms with E-state index in [0.29, 0.717) is 11.7 Å². The van der Waals surface area contributed by atoms with Gasteiger partial charge in [0.25, 0.3) is 0 Å². The van der Waals surface area contributed by atoms with Crippen LogP contribution in [0.15, 0.2) is 6.20 Å². The van der Waals surface area contributed by atoms with Crippen molar-refractivity contribution in [2.24, 2.45) is 13.0 Å². The third-order valence-electron chi connectivity index (χ3n) is 3.23. The first-order valence-corrected chi connectivity index (χ1v) is 5.52. The number of aromatic nitrogens is 2. The number of hydrogen-bond acceptors (Lipinski definition) is 4. The predicted octanol–water partition coefficient (Wildman–Crippen LogP) is 1.93. The number of aryl methyl sites for hydroxylation is 1. The van der Waals surface area contributed by atoms with Gasteiger partial charge in [0.15, 0.2) is 0 Å². The van der Waals surface area contributed by atoms with E-state index in [2.05, 4.69) is 17.3 Å². The SMILES string of the molecule is CC(Nc1nn(C)cc1[N+](=O)[O-])C1CCC1. The Labute approximate surface area is 93.8 Å². The number of nitro groups is 1. The second-order valence-electron chi connectivity index (χ2n) is 4.42. The first-order chi connectivity index (χ1) is 7.58. The summed E-state index contributed by atoms with van der Waals surface area (Å²) in [5, 5.41) is 18.0. The van der Waals surface area contributed by atoms with Crippen molar-refractivity contribution < 1.29 is 4.92 Å². The zero-order valence-corrected chi connectivity index (χ0v) is 9.51. The molecule has 0 bridgehead atoms. The molecule has 0 radical (unpaired) electrons. The quantitative estimate of drug-likeness (QED) is 0.626. The van der Waals surface area contributed by atoms with Gasteiger partial charge in [-0.2, -0.15) is 0 Å². The van der Waals surface area contributed by atoms with Gasteiger partial charge in [0, 0.05) is 13.1 Å². The topological polar surface area (TPSA) is 73.0 Å². The van der Waals surface area contributed by atoms with Gasteiger partial charge in [0.1, 0.15) is 6.20 Å². The second kappa shape index (κ2) is 4.11. The van der Waals surface area contributed by atoms with E-state index in [4.69, 9.17) is 0 Å². The fourth-order valence-electron chi connectivity index (χ4n) is 1.99. The Morgan fingerprint density at radius 2 is 2.38 bits per heavy atom. The molecule has 88 valence electrons. The minimum atomic E-state index is -0.400. The highest BCUT2D eigenvalue weighted by Gasteiger charge is 2.27. The first kappa shape index (κ1) is 10.9. The Bertz CT molecular complexity index is 398. The predicted molar refractivity (Wildman–Crippen MR) is 60.3 cm³/mol. The maximum atomic E-state index is 10.8. The Morgan fingerprint density at radius 3 is 2.88 bits per heavy atom. The van der Waals surface area contributed by atoms with Crippen LogP contribution in [0.3, 0.4) is 0 Å². The normalized spacial score (nSPS) is 17.9. The van der Waals surface area contributed by atoms with Crippen molar-refractivity contribution in [2.75, 3.05) is 5.32 Å². The molecule has 1 aliphatic carbocycles. The second-order valence-corrected chi connectivity index (χ2v) is 4.42. The van der Waals surface area contributed by atoms with Crippen LogP contribution in [-0.4, -0.2) is 20.7 Å². The molecular weight excluding hydrogens is 208 g/mol. The standard InChI is InChI=1S/C10H16N4O2/c1-7(8-4-3-5-8)11-10-9(14(15)16)6-13(2)12-10/h6-8H,3-5H2,1-2H3,(H,11,12). The lowest BCUT2D eigenvalue weighted by atomic mass is 9.80. The molecule has 1 aromatic heterocycles. The van der Waals surface area contributed by atoms with Crippen LogP contribution in [0.4, 0.5) is 11.5 Å². The molecule has 1 heterocycles. The van der Waals surface area contributed by atoms with Crippen LogP contribution >= 0.6 is 0 Å². The van der Waals surface area contributed by atoms with Crippen LogP contribution in [-0.2, 0) is 7.05 Å². The summed E-state index contributed by atoms with van der Waals surface area (Å²) in [6, 6.07) is 0.252. The average molecular weight is 224 g/mol. The Hall–Kier alpha value is -1.59. The van der Waals surface area contributed by atoms with Crippen molar-refractivity contribution >= 4 is 11.5 Å². The molecule has 0 spiro atoms. The van der Waals surface area contributed by atoms with E-state index >= 15 is 0 Å². The lowest BCUT2D eigenvalue weighted by Crippen LogP contribution is -2.31. The minimum absolute atomic E-state index is 0.0497. The third-order valence-corrected chi connectivity index (χ3v) is 3.23. The van der Waals surface area contributed by atoms with E-state index in [9.17, 15) is 10.1 Å². The van der Waals surface area contributed by atoms with Crippen LogP contribution in [0.25, 0.3) is 0 Å². The van der Waals surface area contributed by atoms with Crippen molar-refractivity contribution in [1.82, 2.24) is 9.78 Å². The molecule has 1 saturated carbocycles. The number of hydrogen-bond donors (Lipinski definition) is 1. The van der Waals surface area contributed by atoms with E-state index in [0.717, 1.165) is 0 Å². The first-order valence-electron chi connectivity index (χ1n) is 5.52. The molecule has 1 fully saturated rings. The molecule has 1 atom stereocenters. The molecule has 6 nitrogen and oxygen atoms in total. The summed E-state index contributed by atoms with van der Waals surface area (Å²) in [5.74, 6) is 1.01. The molecule has 0 aliphatic heterocycles. The van der Waals surface area contributed by atoms with Crippen LogP contribution in [0.1, 0.15) is 26.2 Å². The Balaban J connectivity index is 2.10. The highest BCUT2D eigenvalue weighted by molar-refractivity contribution is 5.55. The van der Waals surface area contributed by atoms with Crippen molar-refractivity contribution in [3.05, 3.63) is 16.3 Å². The van der Waals surface area contributed by atoms with Gasteiger partial charge in [-0.25, -0.2) is 0 Å². The zero-order valence-electron chi connectivity index (χ0n) is 9.51. The number of anilines is 1. The molecule has 6 heteroatoms. The Morgan fingerprint density at radius 1 is 1.69 bits per heavy atom. The molecule has 0 aromatic carbocycles. The van der Waals surface area contributed by atoms with E-state index in [1.54, 1.807) is 7.05 Å². The lowest BCUT2D eigenvalue weighted by molar-refractivity contribution is -0.384. The summed E-state index contributed by atoms with van der Waals surface area (Å²) in [6.07, 6.45) is 5.10. The zero-order chi connectivity index (χ0) is 11.7. The number of nitrogens with zero attached hydrogens (tertiary/aromatic N) is 3. The largest absolute Gasteiger partial charge is 0.360 e. The van der Waals surface area contributed by atoms with Crippen LogP contribution in [0, 0.1) is 16.0 Å². The fourth-order valence-corrected chi connectivity index (χ4v) is 1.99. The smallest absolute Gasteiger partial charge is 0.330 e. The van der Waals surface area contributed by atoms with Gasteiger partial charge >= 0.3 is 5.69 Å². The molecule has 0 amide bonds. The summed E-state index contributed by atoms with van der Waals surface area (Å²) in [6.45, 7) is 2.06.